The molecule has 1 amide bonds. The third kappa shape index (κ3) is 6.03. The Bertz CT molecular complexity index is 523. The van der Waals surface area contributed by atoms with E-state index < -0.39 is 11.7 Å². The van der Waals surface area contributed by atoms with Crippen molar-refractivity contribution in [3.8, 4) is 0 Å². The molecule has 6 nitrogen and oxygen atoms in total. The minimum Gasteiger partial charge on any atom is -0.444 e. The second-order valence-electron chi connectivity index (χ2n) is 6.51. The van der Waals surface area contributed by atoms with Crippen molar-refractivity contribution < 1.29 is 14.6 Å². The van der Waals surface area contributed by atoms with Gasteiger partial charge in [0.2, 0.25) is 0 Å². The summed E-state index contributed by atoms with van der Waals surface area (Å²) in [6.45, 7) is 10.4. The van der Waals surface area contributed by atoms with Crippen LogP contribution in [-0.2, 0) is 24.1 Å². The lowest BCUT2D eigenvalue weighted by atomic mass is 10.0. The van der Waals surface area contributed by atoms with Crippen LogP contribution in [0.25, 0.3) is 0 Å². The van der Waals surface area contributed by atoms with E-state index in [-0.39, 0.29) is 12.5 Å². The zero-order valence-corrected chi connectivity index (χ0v) is 15.4. The van der Waals surface area contributed by atoms with Crippen LogP contribution in [0.3, 0.4) is 0 Å². The highest BCUT2D eigenvalue weighted by molar-refractivity contribution is 6.31. The van der Waals surface area contributed by atoms with E-state index in [1.165, 1.54) is 0 Å². The molecule has 0 aliphatic heterocycles. The Morgan fingerprint density at radius 3 is 2.57 bits per heavy atom. The highest BCUT2D eigenvalue weighted by Crippen LogP contribution is 2.24. The van der Waals surface area contributed by atoms with Crippen LogP contribution in [0.2, 0.25) is 5.02 Å². The lowest BCUT2D eigenvalue weighted by molar-refractivity contribution is 0.0512. The van der Waals surface area contributed by atoms with Crippen molar-refractivity contribution in [2.45, 2.75) is 59.6 Å². The number of nitrogens with one attached hydrogen (secondary N) is 1. The zero-order valence-electron chi connectivity index (χ0n) is 14.6. The van der Waals surface area contributed by atoms with Gasteiger partial charge in [-0.1, -0.05) is 18.5 Å². The monoisotopic (exact) mass is 345 g/mol. The molecule has 1 unspecified atom stereocenters. The first kappa shape index (κ1) is 19.8. The molecule has 0 aromatic carbocycles. The van der Waals surface area contributed by atoms with Gasteiger partial charge in [-0.15, -0.1) is 0 Å². The van der Waals surface area contributed by atoms with Gasteiger partial charge in [-0.25, -0.2) is 4.79 Å². The molecule has 0 bridgehead atoms. The van der Waals surface area contributed by atoms with Crippen molar-refractivity contribution in [3.05, 3.63) is 16.4 Å². The Hall–Kier alpha value is -1.27. The van der Waals surface area contributed by atoms with Gasteiger partial charge in [0.05, 0.1) is 16.4 Å². The first-order valence-corrected chi connectivity index (χ1v) is 8.41. The number of alkyl carbamates (subject to hydrolysis) is 1. The van der Waals surface area contributed by atoms with Crippen molar-refractivity contribution in [3.63, 3.8) is 0 Å². The minimum absolute atomic E-state index is 0.0531. The smallest absolute Gasteiger partial charge is 0.407 e. The number of carbonyl (C=O) groups excluding carboxylic acids is 1. The second-order valence-corrected chi connectivity index (χ2v) is 6.89. The molecule has 1 rings (SSSR count). The maximum Gasteiger partial charge on any atom is 0.407 e. The minimum atomic E-state index is -0.543. The van der Waals surface area contributed by atoms with Gasteiger partial charge in [-0.3, -0.25) is 4.68 Å². The van der Waals surface area contributed by atoms with Gasteiger partial charge in [0, 0.05) is 25.6 Å². The van der Waals surface area contributed by atoms with Crippen LogP contribution in [0.5, 0.6) is 0 Å². The third-order valence-corrected chi connectivity index (χ3v) is 3.80. The Balaban J connectivity index is 2.70. The maximum atomic E-state index is 11.7. The number of hydrogen-bond donors (Lipinski definition) is 2. The number of aryl methyl sites for hydroxylation is 2. The molecule has 1 atom stereocenters. The van der Waals surface area contributed by atoms with E-state index in [0.717, 1.165) is 17.8 Å². The summed E-state index contributed by atoms with van der Waals surface area (Å²) in [5, 5.41) is 17.4. The largest absolute Gasteiger partial charge is 0.444 e. The first-order valence-electron chi connectivity index (χ1n) is 8.03. The molecule has 23 heavy (non-hydrogen) atoms. The number of rotatable bonds is 7. The summed E-state index contributed by atoms with van der Waals surface area (Å²) in [5.41, 5.74) is 1.22. The van der Waals surface area contributed by atoms with Crippen LogP contribution in [0.4, 0.5) is 4.79 Å². The molecule has 0 aliphatic rings. The summed E-state index contributed by atoms with van der Waals surface area (Å²) in [4.78, 5) is 11.7. The zero-order chi connectivity index (χ0) is 17.6. The molecule has 7 heteroatoms. The van der Waals surface area contributed by atoms with Gasteiger partial charge in [0.15, 0.2) is 0 Å². The van der Waals surface area contributed by atoms with E-state index in [1.807, 2.05) is 39.3 Å². The molecule has 0 radical (unpaired) electrons. The number of aliphatic hydroxyl groups excluding tert-OH is 1. The Morgan fingerprint density at radius 2 is 2.09 bits per heavy atom. The van der Waals surface area contributed by atoms with Crippen molar-refractivity contribution in [1.82, 2.24) is 15.1 Å². The summed E-state index contributed by atoms with van der Waals surface area (Å²) in [5.74, 6) is -0.147. The van der Waals surface area contributed by atoms with Crippen molar-refractivity contribution in [2.75, 3.05) is 13.2 Å². The summed E-state index contributed by atoms with van der Waals surface area (Å²) < 4.78 is 7.06. The number of amides is 1. The lowest BCUT2D eigenvalue weighted by Crippen LogP contribution is -2.36. The molecule has 1 aromatic heterocycles. The number of ether oxygens (including phenoxy) is 1. The molecule has 0 aliphatic carbocycles. The highest BCUT2D eigenvalue weighted by atomic mass is 35.5. The molecular formula is C16H28ClN3O3. The quantitative estimate of drug-likeness (QED) is 0.796. The fraction of sp³-hybridized carbons (Fsp3) is 0.750. The molecule has 0 spiro atoms. The maximum absolute atomic E-state index is 11.7. The van der Waals surface area contributed by atoms with Crippen LogP contribution in [0, 0.1) is 5.92 Å². The van der Waals surface area contributed by atoms with Gasteiger partial charge >= 0.3 is 6.09 Å². The molecule has 1 aromatic rings. The first-order chi connectivity index (χ1) is 10.7. The van der Waals surface area contributed by atoms with Crippen molar-refractivity contribution in [1.29, 1.82) is 0 Å². The third-order valence-electron chi connectivity index (χ3n) is 3.37. The fourth-order valence-electron chi connectivity index (χ4n) is 2.23. The fourth-order valence-corrected chi connectivity index (χ4v) is 2.57. The molecular weight excluding hydrogens is 318 g/mol. The Labute approximate surface area is 143 Å². The number of aromatic nitrogens is 2. The highest BCUT2D eigenvalue weighted by Gasteiger charge is 2.21. The van der Waals surface area contributed by atoms with E-state index >= 15 is 0 Å². The van der Waals surface area contributed by atoms with E-state index in [9.17, 15) is 9.90 Å². The van der Waals surface area contributed by atoms with Gasteiger partial charge in [0.1, 0.15) is 5.60 Å². The van der Waals surface area contributed by atoms with Crippen LogP contribution in [0.15, 0.2) is 0 Å². The van der Waals surface area contributed by atoms with E-state index in [1.54, 1.807) is 0 Å². The van der Waals surface area contributed by atoms with Crippen LogP contribution in [-0.4, -0.2) is 39.7 Å². The van der Waals surface area contributed by atoms with Gasteiger partial charge < -0.3 is 15.2 Å². The van der Waals surface area contributed by atoms with E-state index in [0.29, 0.717) is 24.5 Å². The molecule has 132 valence electrons. The van der Waals surface area contributed by atoms with E-state index in [2.05, 4.69) is 10.4 Å². The molecule has 1 heterocycles. The van der Waals surface area contributed by atoms with E-state index in [4.69, 9.17) is 16.3 Å². The number of halogens is 1. The number of carbonyl (C=O) groups is 1. The van der Waals surface area contributed by atoms with Gasteiger partial charge in [0.25, 0.3) is 0 Å². The second kappa shape index (κ2) is 8.55. The average molecular weight is 346 g/mol. The molecule has 0 saturated carbocycles. The summed E-state index contributed by atoms with van der Waals surface area (Å²) >= 11 is 6.38. The summed E-state index contributed by atoms with van der Waals surface area (Å²) in [7, 11) is 0. The Morgan fingerprint density at radius 1 is 1.43 bits per heavy atom. The lowest BCUT2D eigenvalue weighted by Gasteiger charge is -2.21. The van der Waals surface area contributed by atoms with Crippen LogP contribution < -0.4 is 5.32 Å². The number of hydrogen-bond acceptors (Lipinski definition) is 4. The molecule has 0 fully saturated rings. The Kier molecular flexibility index (Phi) is 7.35. The van der Waals surface area contributed by atoms with Gasteiger partial charge in [-0.2, -0.15) is 5.10 Å². The molecule has 2 N–H and O–H groups in total. The average Bonchev–Trinajstić information content (AvgIpc) is 2.77. The number of nitrogens with zero attached hydrogens (tertiary/aromatic N) is 2. The topological polar surface area (TPSA) is 76.4 Å². The van der Waals surface area contributed by atoms with Gasteiger partial charge in [-0.05, 0) is 40.5 Å². The van der Waals surface area contributed by atoms with Crippen molar-refractivity contribution in [2.24, 2.45) is 5.92 Å². The standard InChI is InChI=1S/C16H28ClN3O3/c1-6-12-14(17)13(20(7-2)19-12)8-11(10-21)9-18-15(22)23-16(3,4)5/h11,21H,6-10H2,1-5H3,(H,18,22). The van der Waals surface area contributed by atoms with Crippen LogP contribution >= 0.6 is 11.6 Å². The predicted molar refractivity (Wildman–Crippen MR) is 90.8 cm³/mol. The van der Waals surface area contributed by atoms with Crippen molar-refractivity contribution >= 4 is 17.7 Å². The normalized spacial score (nSPS) is 13.0. The van der Waals surface area contributed by atoms with Crippen LogP contribution in [0.1, 0.15) is 46.0 Å². The summed E-state index contributed by atoms with van der Waals surface area (Å²) in [6, 6.07) is 0. The predicted octanol–water partition coefficient (Wildman–Crippen LogP) is 2.79. The molecule has 0 saturated heterocycles. The number of aliphatic hydroxyl groups is 1. The SMILES string of the molecule is CCc1nn(CC)c(CC(CO)CNC(=O)OC(C)(C)C)c1Cl. The summed E-state index contributed by atoms with van der Waals surface area (Å²) in [6.07, 6.45) is 0.824.